The summed E-state index contributed by atoms with van der Waals surface area (Å²) in [6, 6.07) is 3.37. The van der Waals surface area contributed by atoms with Crippen molar-refractivity contribution in [1.82, 2.24) is 5.32 Å². The zero-order chi connectivity index (χ0) is 13.5. The average Bonchev–Trinajstić information content (AvgIpc) is 2.39. The second-order valence-electron chi connectivity index (χ2n) is 3.57. The maximum absolute atomic E-state index is 11.1. The highest BCUT2D eigenvalue weighted by molar-refractivity contribution is 6.30. The number of nitrogens with two attached hydrogens (primary N) is 1. The quantitative estimate of drug-likeness (QED) is 0.819. The molecule has 0 aliphatic heterocycles. The molecule has 0 radical (unpaired) electrons. The Morgan fingerprint density at radius 1 is 1.50 bits per heavy atom. The zero-order valence-electron chi connectivity index (χ0n) is 10.5. The van der Waals surface area contributed by atoms with Gasteiger partial charge in [-0.05, 0) is 6.07 Å². The monoisotopic (exact) mass is 272 g/mol. The lowest BCUT2D eigenvalue weighted by Gasteiger charge is -2.14. The summed E-state index contributed by atoms with van der Waals surface area (Å²) in [7, 11) is 3.11. The van der Waals surface area contributed by atoms with Crippen LogP contribution < -0.4 is 20.5 Å². The molecular formula is C12H17ClN2O3. The molecule has 0 atom stereocenters. The first-order chi connectivity index (χ1) is 8.62. The Kier molecular flexibility index (Phi) is 5.74. The topological polar surface area (TPSA) is 73.6 Å². The minimum Gasteiger partial charge on any atom is -0.493 e. The first-order valence-electron chi connectivity index (χ1n) is 5.52. The lowest BCUT2D eigenvalue weighted by molar-refractivity contribution is -0.121. The summed E-state index contributed by atoms with van der Waals surface area (Å²) < 4.78 is 10.7. The van der Waals surface area contributed by atoms with Crippen LogP contribution in [0.2, 0.25) is 5.02 Å². The summed E-state index contributed by atoms with van der Waals surface area (Å²) in [5, 5.41) is 3.05. The molecule has 18 heavy (non-hydrogen) atoms. The van der Waals surface area contributed by atoms with Crippen molar-refractivity contribution in [3.63, 3.8) is 0 Å². The van der Waals surface area contributed by atoms with Gasteiger partial charge in [0.15, 0.2) is 11.5 Å². The number of rotatable bonds is 6. The SMILES string of the molecule is CNC(=O)CCOc1c(CN)cc(Cl)cc1OC. The number of methoxy groups -OCH3 is 1. The number of halogens is 1. The molecule has 0 aliphatic carbocycles. The van der Waals surface area contributed by atoms with Gasteiger partial charge in [0.25, 0.3) is 0 Å². The number of carbonyl (C=O) groups is 1. The van der Waals surface area contributed by atoms with Crippen molar-refractivity contribution >= 4 is 17.5 Å². The molecule has 3 N–H and O–H groups in total. The van der Waals surface area contributed by atoms with Gasteiger partial charge in [0.1, 0.15) is 0 Å². The van der Waals surface area contributed by atoms with E-state index in [9.17, 15) is 4.79 Å². The van der Waals surface area contributed by atoms with Gasteiger partial charge in [-0.25, -0.2) is 0 Å². The van der Waals surface area contributed by atoms with Gasteiger partial charge < -0.3 is 20.5 Å². The highest BCUT2D eigenvalue weighted by Gasteiger charge is 2.12. The van der Waals surface area contributed by atoms with E-state index in [1.165, 1.54) is 7.11 Å². The van der Waals surface area contributed by atoms with Crippen LogP contribution in [0.4, 0.5) is 0 Å². The molecule has 100 valence electrons. The highest BCUT2D eigenvalue weighted by atomic mass is 35.5. The molecule has 0 fully saturated rings. The normalized spacial score (nSPS) is 10.0. The van der Waals surface area contributed by atoms with Gasteiger partial charge in [-0.15, -0.1) is 0 Å². The molecule has 6 heteroatoms. The van der Waals surface area contributed by atoms with Crippen LogP contribution in [0.25, 0.3) is 0 Å². The van der Waals surface area contributed by atoms with E-state index in [1.54, 1.807) is 19.2 Å². The molecule has 0 aliphatic rings. The van der Waals surface area contributed by atoms with E-state index in [0.29, 0.717) is 16.5 Å². The van der Waals surface area contributed by atoms with Crippen molar-refractivity contribution in [2.24, 2.45) is 5.73 Å². The smallest absolute Gasteiger partial charge is 0.223 e. The van der Waals surface area contributed by atoms with E-state index in [2.05, 4.69) is 5.32 Å². The van der Waals surface area contributed by atoms with Gasteiger partial charge in [0.2, 0.25) is 5.91 Å². The standard InChI is InChI=1S/C12H17ClN2O3/c1-15-11(16)3-4-18-12-8(7-14)5-9(13)6-10(12)17-2/h5-6H,3-4,7,14H2,1-2H3,(H,15,16). The fourth-order valence-electron chi connectivity index (χ4n) is 1.46. The predicted molar refractivity (Wildman–Crippen MR) is 70.1 cm³/mol. The van der Waals surface area contributed by atoms with E-state index in [-0.39, 0.29) is 25.5 Å². The van der Waals surface area contributed by atoms with Gasteiger partial charge in [-0.3, -0.25) is 4.79 Å². The maximum atomic E-state index is 11.1. The van der Waals surface area contributed by atoms with Crippen LogP contribution in [0.3, 0.4) is 0 Å². The third-order valence-corrected chi connectivity index (χ3v) is 2.61. The van der Waals surface area contributed by atoms with Crippen LogP contribution in [0.1, 0.15) is 12.0 Å². The third-order valence-electron chi connectivity index (χ3n) is 2.39. The summed E-state index contributed by atoms with van der Waals surface area (Å²) in [6.07, 6.45) is 0.270. The molecule has 0 bridgehead atoms. The van der Waals surface area contributed by atoms with Crippen molar-refractivity contribution in [3.05, 3.63) is 22.7 Å². The number of benzene rings is 1. The summed E-state index contributed by atoms with van der Waals surface area (Å²) >= 11 is 5.93. The number of hydrogen-bond acceptors (Lipinski definition) is 4. The van der Waals surface area contributed by atoms with E-state index >= 15 is 0 Å². The number of amides is 1. The predicted octanol–water partition coefficient (Wildman–Crippen LogP) is 1.32. The van der Waals surface area contributed by atoms with Crippen LogP contribution in [0.15, 0.2) is 12.1 Å². The minimum atomic E-state index is -0.0859. The van der Waals surface area contributed by atoms with Crippen LogP contribution in [0.5, 0.6) is 11.5 Å². The fourth-order valence-corrected chi connectivity index (χ4v) is 1.69. The van der Waals surface area contributed by atoms with Crippen molar-refractivity contribution in [1.29, 1.82) is 0 Å². The second kappa shape index (κ2) is 7.08. The van der Waals surface area contributed by atoms with E-state index in [1.807, 2.05) is 0 Å². The molecule has 5 nitrogen and oxygen atoms in total. The first kappa shape index (κ1) is 14.6. The van der Waals surface area contributed by atoms with Gasteiger partial charge in [-0.1, -0.05) is 11.6 Å². The third kappa shape index (κ3) is 3.78. The number of hydrogen-bond donors (Lipinski definition) is 2. The summed E-state index contributed by atoms with van der Waals surface area (Å²) in [4.78, 5) is 11.1. The van der Waals surface area contributed by atoms with Gasteiger partial charge in [0, 0.05) is 30.2 Å². The van der Waals surface area contributed by atoms with E-state index in [0.717, 1.165) is 5.56 Å². The minimum absolute atomic E-state index is 0.0859. The Hall–Kier alpha value is -1.46. The number of ether oxygens (including phenoxy) is 2. The molecule has 0 aromatic heterocycles. The Morgan fingerprint density at radius 3 is 2.78 bits per heavy atom. The Morgan fingerprint density at radius 2 is 2.22 bits per heavy atom. The van der Waals surface area contributed by atoms with Gasteiger partial charge >= 0.3 is 0 Å². The van der Waals surface area contributed by atoms with E-state index in [4.69, 9.17) is 26.8 Å². The van der Waals surface area contributed by atoms with E-state index < -0.39 is 0 Å². The van der Waals surface area contributed by atoms with Crippen LogP contribution in [0, 0.1) is 0 Å². The molecule has 0 unspecified atom stereocenters. The zero-order valence-corrected chi connectivity index (χ0v) is 11.2. The number of nitrogens with one attached hydrogen (secondary N) is 1. The molecule has 0 spiro atoms. The molecule has 0 saturated heterocycles. The first-order valence-corrected chi connectivity index (χ1v) is 5.90. The lowest BCUT2D eigenvalue weighted by atomic mass is 10.2. The molecule has 1 aromatic carbocycles. The average molecular weight is 273 g/mol. The molecule has 0 heterocycles. The van der Waals surface area contributed by atoms with Gasteiger partial charge in [-0.2, -0.15) is 0 Å². The summed E-state index contributed by atoms with van der Waals surface area (Å²) in [6.45, 7) is 0.539. The molecular weight excluding hydrogens is 256 g/mol. The maximum Gasteiger partial charge on any atom is 0.223 e. The molecule has 1 amide bonds. The molecule has 1 rings (SSSR count). The summed E-state index contributed by atoms with van der Waals surface area (Å²) in [5.41, 5.74) is 6.37. The van der Waals surface area contributed by atoms with Crippen LogP contribution in [-0.2, 0) is 11.3 Å². The Bertz CT molecular complexity index is 399. The lowest BCUT2D eigenvalue weighted by Crippen LogP contribution is -2.20. The van der Waals surface area contributed by atoms with Crippen molar-refractivity contribution in [2.75, 3.05) is 20.8 Å². The second-order valence-corrected chi connectivity index (χ2v) is 4.01. The Labute approximate surface area is 111 Å². The van der Waals surface area contributed by atoms with Crippen molar-refractivity contribution in [3.8, 4) is 11.5 Å². The fraction of sp³-hybridized carbons (Fsp3) is 0.417. The van der Waals surface area contributed by atoms with Crippen molar-refractivity contribution < 1.29 is 14.3 Å². The Balaban J connectivity index is 2.82. The van der Waals surface area contributed by atoms with Crippen LogP contribution in [-0.4, -0.2) is 26.7 Å². The summed E-state index contributed by atoms with van der Waals surface area (Å²) in [5.74, 6) is 0.963. The van der Waals surface area contributed by atoms with Gasteiger partial charge in [0.05, 0.1) is 20.1 Å². The highest BCUT2D eigenvalue weighted by Crippen LogP contribution is 2.34. The van der Waals surface area contributed by atoms with Crippen LogP contribution >= 0.6 is 11.6 Å². The number of carbonyl (C=O) groups excluding carboxylic acids is 1. The largest absolute Gasteiger partial charge is 0.493 e. The molecule has 1 aromatic rings. The molecule has 0 saturated carbocycles. The van der Waals surface area contributed by atoms with Crippen molar-refractivity contribution in [2.45, 2.75) is 13.0 Å².